The van der Waals surface area contributed by atoms with E-state index >= 15 is 0 Å². The molecule has 1 aromatic rings. The summed E-state index contributed by atoms with van der Waals surface area (Å²) in [6.07, 6.45) is 6.28. The third kappa shape index (κ3) is 3.99. The van der Waals surface area contributed by atoms with Crippen LogP contribution in [0.15, 0.2) is 12.1 Å². The minimum Gasteiger partial charge on any atom is -0.335 e. The van der Waals surface area contributed by atoms with Gasteiger partial charge in [0.25, 0.3) is 0 Å². The zero-order chi connectivity index (χ0) is 13.9. The summed E-state index contributed by atoms with van der Waals surface area (Å²) >= 11 is 1.86. The van der Waals surface area contributed by atoms with Crippen molar-refractivity contribution in [1.29, 1.82) is 0 Å². The Morgan fingerprint density at radius 3 is 2.90 bits per heavy atom. The largest absolute Gasteiger partial charge is 0.335 e. The second kappa shape index (κ2) is 7.61. The van der Waals surface area contributed by atoms with Crippen molar-refractivity contribution in [1.82, 2.24) is 10.2 Å². The number of hydrogen-bond acceptors (Lipinski definition) is 3. The Kier molecular flexibility index (Phi) is 6.08. The smallest absolute Gasteiger partial charge is 0.223 e. The summed E-state index contributed by atoms with van der Waals surface area (Å²) < 4.78 is 0. The van der Waals surface area contributed by atoms with Crippen molar-refractivity contribution >= 4 is 29.7 Å². The van der Waals surface area contributed by atoms with Gasteiger partial charge >= 0.3 is 0 Å². The van der Waals surface area contributed by atoms with E-state index in [1.54, 1.807) is 0 Å². The van der Waals surface area contributed by atoms with Gasteiger partial charge in [-0.15, -0.1) is 23.7 Å². The average molecular weight is 329 g/mol. The number of amides is 1. The molecule has 0 spiro atoms. The molecule has 2 bridgehead atoms. The highest BCUT2D eigenvalue weighted by atomic mass is 35.5. The van der Waals surface area contributed by atoms with Crippen LogP contribution in [-0.2, 0) is 11.2 Å². The van der Waals surface area contributed by atoms with Crippen molar-refractivity contribution in [3.63, 3.8) is 0 Å². The number of carbonyl (C=O) groups excluding carboxylic acids is 1. The molecule has 2 saturated heterocycles. The number of rotatable bonds is 4. The minimum atomic E-state index is 0. The van der Waals surface area contributed by atoms with Gasteiger partial charge in [0, 0.05) is 34.8 Å². The highest BCUT2D eigenvalue weighted by Gasteiger charge is 2.37. The summed E-state index contributed by atoms with van der Waals surface area (Å²) in [5.74, 6) is 0.384. The Bertz CT molecular complexity index is 463. The van der Waals surface area contributed by atoms with Crippen LogP contribution in [0, 0.1) is 6.92 Å². The van der Waals surface area contributed by atoms with Gasteiger partial charge in [-0.05, 0) is 57.7 Å². The first-order chi connectivity index (χ1) is 9.74. The maximum Gasteiger partial charge on any atom is 0.223 e. The number of thiophene rings is 1. The van der Waals surface area contributed by atoms with E-state index in [0.717, 1.165) is 32.4 Å². The normalized spacial score (nSPS) is 24.5. The summed E-state index contributed by atoms with van der Waals surface area (Å²) in [5.41, 5.74) is 0. The molecule has 3 nitrogen and oxygen atoms in total. The second-order valence-corrected chi connectivity index (χ2v) is 7.42. The van der Waals surface area contributed by atoms with Crippen molar-refractivity contribution in [3.05, 3.63) is 21.9 Å². The number of halogens is 1. The first-order valence-electron chi connectivity index (χ1n) is 7.81. The molecule has 0 saturated carbocycles. The predicted octanol–water partition coefficient (Wildman–Crippen LogP) is 3.15. The Balaban J connectivity index is 0.00000161. The number of aryl methyl sites for hydroxylation is 2. The van der Waals surface area contributed by atoms with E-state index in [1.165, 1.54) is 22.6 Å². The molecule has 0 aromatic carbocycles. The average Bonchev–Trinajstić information content (AvgIpc) is 2.92. The number of nitrogens with one attached hydrogen (secondary N) is 1. The molecule has 0 aliphatic carbocycles. The van der Waals surface area contributed by atoms with Crippen LogP contribution in [0.5, 0.6) is 0 Å². The third-order valence-corrected chi connectivity index (χ3v) is 5.61. The van der Waals surface area contributed by atoms with E-state index in [0.29, 0.717) is 24.4 Å². The first-order valence-corrected chi connectivity index (χ1v) is 8.63. The molecule has 3 heterocycles. The van der Waals surface area contributed by atoms with Crippen molar-refractivity contribution < 1.29 is 4.79 Å². The van der Waals surface area contributed by atoms with Crippen LogP contribution >= 0.6 is 23.7 Å². The van der Waals surface area contributed by atoms with E-state index in [2.05, 4.69) is 29.3 Å². The predicted molar refractivity (Wildman–Crippen MR) is 90.4 cm³/mol. The van der Waals surface area contributed by atoms with Crippen LogP contribution in [0.3, 0.4) is 0 Å². The molecule has 2 atom stereocenters. The maximum atomic E-state index is 12.5. The van der Waals surface area contributed by atoms with E-state index in [4.69, 9.17) is 0 Å². The fourth-order valence-corrected chi connectivity index (χ4v) is 4.48. The summed E-state index contributed by atoms with van der Waals surface area (Å²) in [7, 11) is 0. The van der Waals surface area contributed by atoms with Gasteiger partial charge in [-0.25, -0.2) is 0 Å². The molecule has 2 fully saturated rings. The number of fused-ring (bicyclic) bond motifs is 2. The highest BCUT2D eigenvalue weighted by molar-refractivity contribution is 7.11. The van der Waals surface area contributed by atoms with Gasteiger partial charge in [0.05, 0.1) is 0 Å². The molecule has 118 valence electrons. The lowest BCUT2D eigenvalue weighted by atomic mass is 10.1. The van der Waals surface area contributed by atoms with Gasteiger partial charge in [0.2, 0.25) is 5.91 Å². The highest BCUT2D eigenvalue weighted by Crippen LogP contribution is 2.29. The Hall–Kier alpha value is -0.580. The molecule has 1 aromatic heterocycles. The molecule has 0 radical (unpaired) electrons. The molecule has 3 rings (SSSR count). The topological polar surface area (TPSA) is 32.3 Å². The molecule has 1 amide bonds. The second-order valence-electron chi connectivity index (χ2n) is 6.04. The molecule has 2 aliphatic rings. The fraction of sp³-hybridized carbons (Fsp3) is 0.688. The summed E-state index contributed by atoms with van der Waals surface area (Å²) in [4.78, 5) is 17.5. The Morgan fingerprint density at radius 1 is 1.33 bits per heavy atom. The third-order valence-electron chi connectivity index (χ3n) is 4.55. The number of nitrogens with zero attached hydrogens (tertiary/aromatic N) is 1. The van der Waals surface area contributed by atoms with Crippen molar-refractivity contribution in [2.45, 2.75) is 57.5 Å². The lowest BCUT2D eigenvalue weighted by Gasteiger charge is -2.28. The summed E-state index contributed by atoms with van der Waals surface area (Å²) in [6.45, 7) is 4.20. The Morgan fingerprint density at radius 2 is 2.14 bits per heavy atom. The molecule has 5 heteroatoms. The SMILES string of the molecule is Cc1ccc(CCCC(=O)N2C3CCNCC2CC3)s1.Cl. The van der Waals surface area contributed by atoms with Gasteiger partial charge in [-0.2, -0.15) is 0 Å². The van der Waals surface area contributed by atoms with Crippen LogP contribution in [0.25, 0.3) is 0 Å². The van der Waals surface area contributed by atoms with E-state index in [-0.39, 0.29) is 12.4 Å². The minimum absolute atomic E-state index is 0. The van der Waals surface area contributed by atoms with Crippen LogP contribution in [0.2, 0.25) is 0 Å². The van der Waals surface area contributed by atoms with Crippen LogP contribution in [-0.4, -0.2) is 36.0 Å². The van der Waals surface area contributed by atoms with Crippen LogP contribution in [0.4, 0.5) is 0 Å². The molecule has 2 unspecified atom stereocenters. The van der Waals surface area contributed by atoms with E-state index < -0.39 is 0 Å². The van der Waals surface area contributed by atoms with E-state index in [9.17, 15) is 4.79 Å². The molecule has 1 N–H and O–H groups in total. The van der Waals surface area contributed by atoms with Gasteiger partial charge in [-0.3, -0.25) is 4.79 Å². The number of hydrogen-bond donors (Lipinski definition) is 1. The van der Waals surface area contributed by atoms with Crippen molar-refractivity contribution in [3.8, 4) is 0 Å². The number of carbonyl (C=O) groups is 1. The monoisotopic (exact) mass is 328 g/mol. The lowest BCUT2D eigenvalue weighted by Crippen LogP contribution is -2.42. The molecular weight excluding hydrogens is 304 g/mol. The van der Waals surface area contributed by atoms with Gasteiger partial charge in [0.1, 0.15) is 0 Å². The Labute approximate surface area is 137 Å². The van der Waals surface area contributed by atoms with Crippen molar-refractivity contribution in [2.75, 3.05) is 13.1 Å². The van der Waals surface area contributed by atoms with Gasteiger partial charge in [-0.1, -0.05) is 0 Å². The van der Waals surface area contributed by atoms with E-state index in [1.807, 2.05) is 11.3 Å². The standard InChI is InChI=1S/C16H24N2OS.ClH/c1-12-5-8-15(20-12)3-2-4-16(19)18-13-6-7-14(18)11-17-10-9-13;/h5,8,13-14,17H,2-4,6-7,9-11H2,1H3;1H. The lowest BCUT2D eigenvalue weighted by molar-refractivity contribution is -0.133. The van der Waals surface area contributed by atoms with Crippen LogP contribution < -0.4 is 5.32 Å². The zero-order valence-electron chi connectivity index (χ0n) is 12.6. The fourth-order valence-electron chi connectivity index (χ4n) is 3.55. The molecular formula is C16H25ClN2OS. The van der Waals surface area contributed by atoms with Crippen LogP contribution in [0.1, 0.15) is 41.9 Å². The first kappa shape index (κ1) is 16.8. The zero-order valence-corrected chi connectivity index (χ0v) is 14.3. The quantitative estimate of drug-likeness (QED) is 0.920. The summed E-state index contributed by atoms with van der Waals surface area (Å²) in [5, 5.41) is 3.46. The van der Waals surface area contributed by atoms with Gasteiger partial charge in [0.15, 0.2) is 0 Å². The van der Waals surface area contributed by atoms with Crippen molar-refractivity contribution in [2.24, 2.45) is 0 Å². The van der Waals surface area contributed by atoms with Gasteiger partial charge < -0.3 is 10.2 Å². The molecule has 2 aliphatic heterocycles. The summed E-state index contributed by atoms with van der Waals surface area (Å²) in [6, 6.07) is 5.33. The molecule has 21 heavy (non-hydrogen) atoms. The maximum absolute atomic E-state index is 12.5.